The third-order valence-electron chi connectivity index (χ3n) is 3.04. The Morgan fingerprint density at radius 3 is 2.86 bits per heavy atom. The molecule has 6 heteroatoms. The topological polar surface area (TPSA) is 74.2 Å². The molecule has 0 aliphatic carbocycles. The lowest BCUT2D eigenvalue weighted by Gasteiger charge is -2.19. The molecule has 1 heterocycles. The fraction of sp³-hybridized carbons (Fsp3) is 0.467. The van der Waals surface area contributed by atoms with Crippen LogP contribution in [0, 0.1) is 6.92 Å². The second-order valence-electron chi connectivity index (χ2n) is 5.38. The highest BCUT2D eigenvalue weighted by molar-refractivity contribution is 6.33. The molecule has 0 saturated heterocycles. The molecule has 0 spiro atoms. The van der Waals surface area contributed by atoms with E-state index in [2.05, 4.69) is 10.1 Å². The number of aryl methyl sites for hydroxylation is 1. The van der Waals surface area contributed by atoms with Gasteiger partial charge in [0.15, 0.2) is 5.82 Å². The van der Waals surface area contributed by atoms with E-state index in [0.29, 0.717) is 35.5 Å². The summed E-state index contributed by atoms with van der Waals surface area (Å²) in [7, 11) is 0. The van der Waals surface area contributed by atoms with E-state index in [0.717, 1.165) is 12.0 Å². The molecular formula is C15H20ClN3O2. The maximum Gasteiger partial charge on any atom is 0.259 e. The third-order valence-corrected chi connectivity index (χ3v) is 3.35. The first-order valence-electron chi connectivity index (χ1n) is 6.91. The van der Waals surface area contributed by atoms with E-state index >= 15 is 0 Å². The van der Waals surface area contributed by atoms with Crippen LogP contribution in [0.5, 0.6) is 0 Å². The molecule has 21 heavy (non-hydrogen) atoms. The zero-order valence-electron chi connectivity index (χ0n) is 12.5. The summed E-state index contributed by atoms with van der Waals surface area (Å²) >= 11 is 6.21. The molecule has 1 unspecified atom stereocenters. The van der Waals surface area contributed by atoms with Gasteiger partial charge in [0.2, 0.25) is 0 Å². The van der Waals surface area contributed by atoms with Gasteiger partial charge in [0.05, 0.1) is 17.2 Å². The largest absolute Gasteiger partial charge is 0.379 e. The monoisotopic (exact) mass is 309 g/mol. The average Bonchev–Trinajstić information content (AvgIpc) is 2.89. The van der Waals surface area contributed by atoms with Crippen molar-refractivity contribution in [3.63, 3.8) is 0 Å². The van der Waals surface area contributed by atoms with E-state index in [9.17, 15) is 0 Å². The van der Waals surface area contributed by atoms with E-state index in [1.165, 1.54) is 0 Å². The Balaban J connectivity index is 2.21. The minimum absolute atomic E-state index is 0.335. The van der Waals surface area contributed by atoms with Gasteiger partial charge in [0.1, 0.15) is 5.54 Å². The molecule has 0 bridgehead atoms. The Kier molecular flexibility index (Phi) is 4.98. The molecule has 5 nitrogen and oxygen atoms in total. The van der Waals surface area contributed by atoms with Crippen LogP contribution in [-0.2, 0) is 10.3 Å². The van der Waals surface area contributed by atoms with Crippen LogP contribution in [-0.4, -0.2) is 23.4 Å². The molecule has 1 atom stereocenters. The van der Waals surface area contributed by atoms with Gasteiger partial charge in [-0.05, 0) is 38.0 Å². The van der Waals surface area contributed by atoms with Crippen LogP contribution in [0.25, 0.3) is 11.5 Å². The summed E-state index contributed by atoms with van der Waals surface area (Å²) in [6.07, 6.45) is 0.937. The van der Waals surface area contributed by atoms with Gasteiger partial charge in [-0.25, -0.2) is 0 Å². The van der Waals surface area contributed by atoms with Crippen molar-refractivity contribution < 1.29 is 9.26 Å². The number of hydrogen-bond acceptors (Lipinski definition) is 5. The Labute approximate surface area is 129 Å². The fourth-order valence-corrected chi connectivity index (χ4v) is 2.17. The van der Waals surface area contributed by atoms with Crippen LogP contribution < -0.4 is 5.73 Å². The van der Waals surface area contributed by atoms with Crippen LogP contribution in [0.4, 0.5) is 0 Å². The van der Waals surface area contributed by atoms with Crippen molar-refractivity contribution in [2.24, 2.45) is 5.73 Å². The standard InChI is InChI=1S/C15H20ClN3O2/c1-4-7-20-9-15(3,17)14-18-13(21-19-14)11-6-5-10(2)8-12(11)16/h5-6,8H,4,7,9,17H2,1-3H3. The number of nitrogens with two attached hydrogens (primary N) is 1. The maximum absolute atomic E-state index is 6.21. The predicted molar refractivity (Wildman–Crippen MR) is 82.1 cm³/mol. The minimum Gasteiger partial charge on any atom is -0.379 e. The Morgan fingerprint density at radius 1 is 1.43 bits per heavy atom. The van der Waals surface area contributed by atoms with E-state index in [1.807, 2.05) is 39.0 Å². The van der Waals surface area contributed by atoms with Crippen molar-refractivity contribution in [2.45, 2.75) is 32.7 Å². The summed E-state index contributed by atoms with van der Waals surface area (Å²) < 4.78 is 10.8. The molecule has 1 aromatic carbocycles. The zero-order chi connectivity index (χ0) is 15.5. The predicted octanol–water partition coefficient (Wildman–Crippen LogP) is 3.30. The minimum atomic E-state index is -0.798. The number of benzene rings is 1. The van der Waals surface area contributed by atoms with Crippen LogP contribution in [0.3, 0.4) is 0 Å². The van der Waals surface area contributed by atoms with Gasteiger partial charge in [-0.1, -0.05) is 29.7 Å². The lowest BCUT2D eigenvalue weighted by Crippen LogP contribution is -2.39. The van der Waals surface area contributed by atoms with Gasteiger partial charge in [-0.2, -0.15) is 4.98 Å². The highest BCUT2D eigenvalue weighted by atomic mass is 35.5. The maximum atomic E-state index is 6.21. The molecule has 0 radical (unpaired) electrons. The summed E-state index contributed by atoms with van der Waals surface area (Å²) in [4.78, 5) is 4.35. The number of halogens is 1. The van der Waals surface area contributed by atoms with E-state index in [1.54, 1.807) is 0 Å². The van der Waals surface area contributed by atoms with Gasteiger partial charge in [-0.3, -0.25) is 0 Å². The molecule has 1 aromatic heterocycles. The molecule has 0 amide bonds. The second kappa shape index (κ2) is 6.56. The van der Waals surface area contributed by atoms with Crippen molar-refractivity contribution in [1.82, 2.24) is 10.1 Å². The van der Waals surface area contributed by atoms with Crippen LogP contribution in [0.15, 0.2) is 22.7 Å². The molecule has 2 aromatic rings. The summed E-state index contributed by atoms with van der Waals surface area (Å²) in [6.45, 7) is 6.81. The summed E-state index contributed by atoms with van der Waals surface area (Å²) in [6, 6.07) is 5.65. The molecule has 2 N–H and O–H groups in total. The van der Waals surface area contributed by atoms with Crippen LogP contribution in [0.1, 0.15) is 31.7 Å². The molecule has 2 rings (SSSR count). The van der Waals surface area contributed by atoms with Crippen molar-refractivity contribution in [1.29, 1.82) is 0 Å². The van der Waals surface area contributed by atoms with Gasteiger partial charge in [-0.15, -0.1) is 0 Å². The summed E-state index contributed by atoms with van der Waals surface area (Å²) in [5.41, 5.74) is 7.16. The quantitative estimate of drug-likeness (QED) is 0.829. The number of hydrogen-bond donors (Lipinski definition) is 1. The first-order valence-corrected chi connectivity index (χ1v) is 7.29. The normalized spacial score (nSPS) is 14.1. The summed E-state index contributed by atoms with van der Waals surface area (Å²) in [5.74, 6) is 0.771. The number of rotatable bonds is 6. The fourth-order valence-electron chi connectivity index (χ4n) is 1.85. The van der Waals surface area contributed by atoms with E-state index in [-0.39, 0.29) is 0 Å². The van der Waals surface area contributed by atoms with Crippen LogP contribution >= 0.6 is 11.6 Å². The van der Waals surface area contributed by atoms with Crippen molar-refractivity contribution >= 4 is 11.6 Å². The first-order chi connectivity index (χ1) is 9.94. The second-order valence-corrected chi connectivity index (χ2v) is 5.78. The highest BCUT2D eigenvalue weighted by Gasteiger charge is 2.28. The van der Waals surface area contributed by atoms with Crippen molar-refractivity contribution in [3.05, 3.63) is 34.6 Å². The van der Waals surface area contributed by atoms with Gasteiger partial charge in [0, 0.05) is 6.61 Å². The molecular weight excluding hydrogens is 290 g/mol. The van der Waals surface area contributed by atoms with E-state index in [4.69, 9.17) is 26.6 Å². The Bertz CT molecular complexity index is 611. The molecule has 0 saturated carbocycles. The van der Waals surface area contributed by atoms with Crippen molar-refractivity contribution in [3.8, 4) is 11.5 Å². The third kappa shape index (κ3) is 3.81. The zero-order valence-corrected chi connectivity index (χ0v) is 13.3. The highest BCUT2D eigenvalue weighted by Crippen LogP contribution is 2.28. The number of nitrogens with zero attached hydrogens (tertiary/aromatic N) is 2. The van der Waals surface area contributed by atoms with Gasteiger partial charge >= 0.3 is 0 Å². The average molecular weight is 310 g/mol. The summed E-state index contributed by atoms with van der Waals surface area (Å²) in [5, 5.41) is 4.53. The van der Waals surface area contributed by atoms with Gasteiger partial charge < -0.3 is 15.0 Å². The SMILES string of the molecule is CCCOCC(C)(N)c1noc(-c2ccc(C)cc2Cl)n1. The molecule has 0 aliphatic rings. The molecule has 0 fully saturated rings. The lowest BCUT2D eigenvalue weighted by molar-refractivity contribution is 0.0867. The first kappa shape index (κ1) is 15.9. The number of aromatic nitrogens is 2. The lowest BCUT2D eigenvalue weighted by atomic mass is 10.1. The Morgan fingerprint density at radius 2 is 2.19 bits per heavy atom. The smallest absolute Gasteiger partial charge is 0.259 e. The molecule has 114 valence electrons. The van der Waals surface area contributed by atoms with Gasteiger partial charge in [0.25, 0.3) is 5.89 Å². The van der Waals surface area contributed by atoms with Crippen LogP contribution in [0.2, 0.25) is 5.02 Å². The number of ether oxygens (including phenoxy) is 1. The van der Waals surface area contributed by atoms with Crippen molar-refractivity contribution in [2.75, 3.05) is 13.2 Å². The Hall–Kier alpha value is -1.43. The van der Waals surface area contributed by atoms with E-state index < -0.39 is 5.54 Å². The molecule has 0 aliphatic heterocycles.